The second-order valence-electron chi connectivity index (χ2n) is 6.63. The van der Waals surface area contributed by atoms with Crippen LogP contribution >= 0.6 is 0 Å². The number of hydrogen-bond acceptors (Lipinski definition) is 5. The Morgan fingerprint density at radius 3 is 2.50 bits per heavy atom. The van der Waals surface area contributed by atoms with Crippen LogP contribution in [0.3, 0.4) is 0 Å². The number of carbonyl (C=O) groups is 1. The van der Waals surface area contributed by atoms with E-state index in [4.69, 9.17) is 0 Å². The second-order valence-corrected chi connectivity index (χ2v) is 8.65. The summed E-state index contributed by atoms with van der Waals surface area (Å²) in [5.41, 5.74) is 1.35. The monoisotopic (exact) mass is 399 g/mol. The fraction of sp³-hybridized carbons (Fsp3) is 0.250. The molecular formula is C20H21N3O4S. The smallest absolute Gasteiger partial charge is 0.222 e. The number of aromatic nitrogens is 2. The molecule has 1 amide bonds. The van der Waals surface area contributed by atoms with E-state index in [1.807, 2.05) is 13.0 Å². The van der Waals surface area contributed by atoms with E-state index in [1.54, 1.807) is 35.0 Å². The molecule has 7 nitrogen and oxygen atoms in total. The van der Waals surface area contributed by atoms with Gasteiger partial charge in [0.1, 0.15) is 0 Å². The first kappa shape index (κ1) is 19.8. The predicted molar refractivity (Wildman–Crippen MR) is 107 cm³/mol. The number of rotatable bonds is 6. The number of sulfone groups is 1. The van der Waals surface area contributed by atoms with Gasteiger partial charge in [-0.15, -0.1) is 0 Å². The SMILES string of the molecule is CC(NC(=O)CCn1ncc(=O)c2ccccc21)c1ccc(S(C)(=O)=O)cc1. The average Bonchev–Trinajstić information content (AvgIpc) is 2.67. The van der Waals surface area contributed by atoms with Gasteiger partial charge in [-0.05, 0) is 36.8 Å². The Hall–Kier alpha value is -3.00. The molecule has 1 aromatic heterocycles. The number of hydrogen-bond donors (Lipinski definition) is 1. The third-order valence-electron chi connectivity index (χ3n) is 4.50. The minimum atomic E-state index is -3.25. The van der Waals surface area contributed by atoms with Crippen LogP contribution in [0.5, 0.6) is 0 Å². The molecule has 1 N–H and O–H groups in total. The molecule has 3 aromatic rings. The second kappa shape index (κ2) is 7.93. The number of carbonyl (C=O) groups excluding carboxylic acids is 1. The Bertz CT molecular complexity index is 1170. The molecule has 1 heterocycles. The number of nitrogens with one attached hydrogen (secondary N) is 1. The van der Waals surface area contributed by atoms with E-state index < -0.39 is 9.84 Å². The molecule has 0 radical (unpaired) electrons. The van der Waals surface area contributed by atoms with E-state index in [2.05, 4.69) is 10.4 Å². The first-order chi connectivity index (χ1) is 13.3. The maximum absolute atomic E-state index is 12.3. The number of aryl methyl sites for hydroxylation is 1. The van der Waals surface area contributed by atoms with Gasteiger partial charge in [-0.3, -0.25) is 14.3 Å². The molecule has 1 atom stereocenters. The fourth-order valence-electron chi connectivity index (χ4n) is 2.95. The summed E-state index contributed by atoms with van der Waals surface area (Å²) in [5.74, 6) is -0.163. The van der Waals surface area contributed by atoms with Gasteiger partial charge in [0, 0.05) is 18.1 Å². The maximum Gasteiger partial charge on any atom is 0.222 e. The van der Waals surface area contributed by atoms with Crippen molar-refractivity contribution in [2.24, 2.45) is 0 Å². The summed E-state index contributed by atoms with van der Waals surface area (Å²) in [6, 6.07) is 13.3. The van der Waals surface area contributed by atoms with Crippen LogP contribution in [-0.2, 0) is 21.2 Å². The first-order valence-electron chi connectivity index (χ1n) is 8.80. The Morgan fingerprint density at radius 2 is 1.82 bits per heavy atom. The molecule has 3 rings (SSSR count). The lowest BCUT2D eigenvalue weighted by Gasteiger charge is -2.15. The van der Waals surface area contributed by atoms with Crippen molar-refractivity contribution in [3.63, 3.8) is 0 Å². The van der Waals surface area contributed by atoms with Gasteiger partial charge in [0.15, 0.2) is 9.84 Å². The van der Waals surface area contributed by atoms with Gasteiger partial charge < -0.3 is 5.32 Å². The summed E-state index contributed by atoms with van der Waals surface area (Å²) >= 11 is 0. The third-order valence-corrected chi connectivity index (χ3v) is 5.63. The van der Waals surface area contributed by atoms with Gasteiger partial charge in [0.2, 0.25) is 11.3 Å². The van der Waals surface area contributed by atoms with Crippen LogP contribution in [0.25, 0.3) is 10.9 Å². The lowest BCUT2D eigenvalue weighted by atomic mass is 10.1. The number of benzene rings is 2. The van der Waals surface area contributed by atoms with Crippen LogP contribution in [0.4, 0.5) is 0 Å². The highest BCUT2D eigenvalue weighted by atomic mass is 32.2. The van der Waals surface area contributed by atoms with E-state index in [0.29, 0.717) is 17.4 Å². The molecular weight excluding hydrogens is 378 g/mol. The van der Waals surface area contributed by atoms with Gasteiger partial charge in [0.25, 0.3) is 0 Å². The molecule has 0 fully saturated rings. The minimum Gasteiger partial charge on any atom is -0.350 e. The van der Waals surface area contributed by atoms with Crippen LogP contribution in [0, 0.1) is 0 Å². The van der Waals surface area contributed by atoms with Crippen molar-refractivity contribution in [2.75, 3.05) is 6.26 Å². The fourth-order valence-corrected chi connectivity index (χ4v) is 3.58. The molecule has 1 unspecified atom stereocenters. The molecule has 0 spiro atoms. The van der Waals surface area contributed by atoms with Crippen molar-refractivity contribution < 1.29 is 13.2 Å². The molecule has 8 heteroatoms. The Kier molecular flexibility index (Phi) is 5.60. The zero-order chi connectivity index (χ0) is 20.3. The summed E-state index contributed by atoms with van der Waals surface area (Å²) in [6.45, 7) is 2.17. The van der Waals surface area contributed by atoms with Crippen molar-refractivity contribution in [3.8, 4) is 0 Å². The maximum atomic E-state index is 12.3. The van der Waals surface area contributed by atoms with Crippen molar-refractivity contribution in [3.05, 3.63) is 70.5 Å². The summed E-state index contributed by atoms with van der Waals surface area (Å²) in [7, 11) is -3.25. The topological polar surface area (TPSA) is 98.1 Å². The average molecular weight is 399 g/mol. The summed E-state index contributed by atoms with van der Waals surface area (Å²) < 4.78 is 24.7. The Labute approximate surface area is 162 Å². The highest BCUT2D eigenvalue weighted by Crippen LogP contribution is 2.16. The van der Waals surface area contributed by atoms with Crippen LogP contribution in [0.1, 0.15) is 24.9 Å². The van der Waals surface area contributed by atoms with E-state index in [0.717, 1.165) is 11.8 Å². The number of nitrogens with zero attached hydrogens (tertiary/aromatic N) is 2. The summed E-state index contributed by atoms with van der Waals surface area (Å²) in [4.78, 5) is 24.4. The van der Waals surface area contributed by atoms with Gasteiger partial charge in [0.05, 0.1) is 29.2 Å². The molecule has 0 bridgehead atoms. The lowest BCUT2D eigenvalue weighted by Crippen LogP contribution is -2.28. The van der Waals surface area contributed by atoms with Crippen molar-refractivity contribution in [1.82, 2.24) is 15.1 Å². The van der Waals surface area contributed by atoms with E-state index >= 15 is 0 Å². The van der Waals surface area contributed by atoms with Gasteiger partial charge in [-0.25, -0.2) is 8.42 Å². The largest absolute Gasteiger partial charge is 0.350 e. The molecule has 2 aromatic carbocycles. The third kappa shape index (κ3) is 4.45. The first-order valence-corrected chi connectivity index (χ1v) is 10.7. The van der Waals surface area contributed by atoms with Crippen LogP contribution < -0.4 is 10.7 Å². The molecule has 146 valence electrons. The molecule has 0 aliphatic heterocycles. The van der Waals surface area contributed by atoms with Crippen molar-refractivity contribution >= 4 is 26.6 Å². The van der Waals surface area contributed by atoms with Crippen molar-refractivity contribution in [1.29, 1.82) is 0 Å². The number of para-hydroxylation sites is 1. The molecule has 0 aliphatic carbocycles. The quantitative estimate of drug-likeness (QED) is 0.684. The number of fused-ring (bicyclic) bond motifs is 1. The van der Waals surface area contributed by atoms with E-state index in [9.17, 15) is 18.0 Å². The van der Waals surface area contributed by atoms with Gasteiger partial charge in [-0.2, -0.15) is 5.10 Å². The summed E-state index contributed by atoms with van der Waals surface area (Å²) in [5, 5.41) is 7.58. The lowest BCUT2D eigenvalue weighted by molar-refractivity contribution is -0.122. The normalized spacial score (nSPS) is 12.6. The minimum absolute atomic E-state index is 0.150. The van der Waals surface area contributed by atoms with Gasteiger partial charge >= 0.3 is 0 Å². The molecule has 0 saturated carbocycles. The summed E-state index contributed by atoms with van der Waals surface area (Å²) in [6.07, 6.45) is 2.61. The zero-order valence-corrected chi connectivity index (χ0v) is 16.4. The van der Waals surface area contributed by atoms with Gasteiger partial charge in [-0.1, -0.05) is 24.3 Å². The molecule has 28 heavy (non-hydrogen) atoms. The molecule has 0 aliphatic rings. The number of amides is 1. The van der Waals surface area contributed by atoms with E-state index in [-0.39, 0.29) is 28.7 Å². The standard InChI is InChI=1S/C20H21N3O4S/c1-14(15-7-9-16(10-8-15)28(2,26)27)22-20(25)11-12-23-18-6-4-3-5-17(18)19(24)13-21-23/h3-10,13-14H,11-12H2,1-2H3,(H,22,25). The predicted octanol–water partition coefficient (Wildman–Crippen LogP) is 2.07. The molecule has 0 saturated heterocycles. The Morgan fingerprint density at radius 1 is 1.14 bits per heavy atom. The van der Waals surface area contributed by atoms with Crippen LogP contribution in [-0.4, -0.2) is 30.4 Å². The zero-order valence-electron chi connectivity index (χ0n) is 15.6. The van der Waals surface area contributed by atoms with Crippen molar-refractivity contribution in [2.45, 2.75) is 30.8 Å². The Balaban J connectivity index is 1.65. The highest BCUT2D eigenvalue weighted by Gasteiger charge is 2.12. The van der Waals surface area contributed by atoms with Crippen LogP contribution in [0.2, 0.25) is 0 Å². The highest BCUT2D eigenvalue weighted by molar-refractivity contribution is 7.90. The van der Waals surface area contributed by atoms with E-state index in [1.165, 1.54) is 18.3 Å². The van der Waals surface area contributed by atoms with Crippen LogP contribution in [0.15, 0.2) is 64.4 Å².